The van der Waals surface area contributed by atoms with E-state index in [0.717, 1.165) is 21.9 Å². The van der Waals surface area contributed by atoms with Crippen LogP contribution in [0.1, 0.15) is 11.1 Å². The van der Waals surface area contributed by atoms with E-state index in [1.54, 1.807) is 30.3 Å². The highest BCUT2D eigenvalue weighted by Gasteiger charge is 2.07. The number of rotatable bonds is 5. The van der Waals surface area contributed by atoms with Crippen molar-refractivity contribution in [2.24, 2.45) is 0 Å². The molecular weight excluding hydrogens is 328 g/mol. The lowest BCUT2D eigenvalue weighted by Gasteiger charge is -2.08. The summed E-state index contributed by atoms with van der Waals surface area (Å²) in [6, 6.07) is 21.0. The van der Waals surface area contributed by atoms with Gasteiger partial charge in [0.15, 0.2) is 0 Å². The normalized spacial score (nSPS) is 10.8. The summed E-state index contributed by atoms with van der Waals surface area (Å²) in [6.45, 7) is 0. The van der Waals surface area contributed by atoms with Crippen molar-refractivity contribution in [1.29, 1.82) is 0 Å². The van der Waals surface area contributed by atoms with Crippen LogP contribution in [0, 0.1) is 0 Å². The molecule has 0 saturated heterocycles. The number of carbonyl (C=O) groups is 2. The van der Waals surface area contributed by atoms with Crippen molar-refractivity contribution in [3.05, 3.63) is 83.9 Å². The second-order valence-corrected chi connectivity index (χ2v) is 5.79. The van der Waals surface area contributed by atoms with Gasteiger partial charge in [0.2, 0.25) is 5.91 Å². The molecule has 0 heterocycles. The first-order valence-electron chi connectivity index (χ1n) is 8.14. The van der Waals surface area contributed by atoms with E-state index in [0.29, 0.717) is 12.1 Å². The molecule has 3 aromatic rings. The lowest BCUT2D eigenvalue weighted by molar-refractivity contribution is -0.124. The first kappa shape index (κ1) is 17.4. The van der Waals surface area contributed by atoms with Crippen LogP contribution in [0.5, 0.6) is 0 Å². The summed E-state index contributed by atoms with van der Waals surface area (Å²) < 4.78 is 0. The van der Waals surface area contributed by atoms with Crippen LogP contribution in [0.25, 0.3) is 16.8 Å². The van der Waals surface area contributed by atoms with Crippen molar-refractivity contribution >= 4 is 34.4 Å². The van der Waals surface area contributed by atoms with Gasteiger partial charge in [-0.3, -0.25) is 14.8 Å². The molecule has 0 aliphatic heterocycles. The molecule has 3 N–H and O–H groups in total. The average Bonchev–Trinajstić information content (AvgIpc) is 2.67. The van der Waals surface area contributed by atoms with Gasteiger partial charge in [-0.05, 0) is 40.1 Å². The molecule has 0 bridgehead atoms. The standard InChI is InChI=1S/C21H18N2O3/c24-20(23-26)13-10-15-8-11-18(12-9-15)22-21(25)14-17-6-3-5-16-4-1-2-7-19(16)17/h1-13,26H,14H2,(H,22,25)(H,23,24)/b13-10+. The van der Waals surface area contributed by atoms with Crippen molar-refractivity contribution in [2.75, 3.05) is 5.32 Å². The number of amides is 2. The number of hydroxylamine groups is 1. The Morgan fingerprint density at radius 1 is 0.923 bits per heavy atom. The summed E-state index contributed by atoms with van der Waals surface area (Å²) in [5, 5.41) is 13.5. The maximum absolute atomic E-state index is 12.4. The maximum Gasteiger partial charge on any atom is 0.267 e. The Hall–Kier alpha value is -3.44. The van der Waals surface area contributed by atoms with Crippen LogP contribution in [0.3, 0.4) is 0 Å². The van der Waals surface area contributed by atoms with Crippen LogP contribution in [0.15, 0.2) is 72.8 Å². The molecule has 0 unspecified atom stereocenters. The summed E-state index contributed by atoms with van der Waals surface area (Å²) in [4.78, 5) is 23.3. The van der Waals surface area contributed by atoms with Crippen molar-refractivity contribution in [3.63, 3.8) is 0 Å². The van der Waals surface area contributed by atoms with Crippen LogP contribution in [-0.4, -0.2) is 17.0 Å². The molecule has 2 amide bonds. The van der Waals surface area contributed by atoms with E-state index in [9.17, 15) is 9.59 Å². The smallest absolute Gasteiger partial charge is 0.267 e. The second-order valence-electron chi connectivity index (χ2n) is 5.79. The number of benzene rings is 3. The average molecular weight is 346 g/mol. The van der Waals surface area contributed by atoms with E-state index >= 15 is 0 Å². The van der Waals surface area contributed by atoms with Crippen LogP contribution in [-0.2, 0) is 16.0 Å². The molecule has 0 spiro atoms. The molecule has 0 aliphatic rings. The Kier molecular flexibility index (Phi) is 5.41. The fraction of sp³-hybridized carbons (Fsp3) is 0.0476. The highest BCUT2D eigenvalue weighted by molar-refractivity contribution is 5.96. The van der Waals surface area contributed by atoms with E-state index in [1.165, 1.54) is 11.6 Å². The topological polar surface area (TPSA) is 78.4 Å². The Bertz CT molecular complexity index is 957. The molecule has 0 radical (unpaired) electrons. The molecule has 0 fully saturated rings. The van der Waals surface area contributed by atoms with E-state index in [4.69, 9.17) is 5.21 Å². The number of hydrogen-bond donors (Lipinski definition) is 3. The summed E-state index contributed by atoms with van der Waals surface area (Å²) in [5.74, 6) is -0.693. The van der Waals surface area contributed by atoms with Crippen LogP contribution in [0.2, 0.25) is 0 Å². The van der Waals surface area contributed by atoms with Gasteiger partial charge < -0.3 is 5.32 Å². The van der Waals surface area contributed by atoms with Gasteiger partial charge in [-0.15, -0.1) is 0 Å². The fourth-order valence-electron chi connectivity index (χ4n) is 2.71. The van der Waals surface area contributed by atoms with Gasteiger partial charge in [-0.25, -0.2) is 5.48 Å². The van der Waals surface area contributed by atoms with Crippen LogP contribution in [0.4, 0.5) is 5.69 Å². The summed E-state index contributed by atoms with van der Waals surface area (Å²) in [6.07, 6.45) is 3.07. The summed E-state index contributed by atoms with van der Waals surface area (Å²) in [5.41, 5.74) is 3.97. The zero-order valence-corrected chi connectivity index (χ0v) is 14.0. The van der Waals surface area contributed by atoms with Crippen molar-refractivity contribution in [3.8, 4) is 0 Å². The maximum atomic E-state index is 12.4. The van der Waals surface area contributed by atoms with Crippen molar-refractivity contribution in [1.82, 2.24) is 5.48 Å². The summed E-state index contributed by atoms with van der Waals surface area (Å²) in [7, 11) is 0. The fourth-order valence-corrected chi connectivity index (χ4v) is 2.71. The van der Waals surface area contributed by atoms with Gasteiger partial charge in [0.25, 0.3) is 5.91 Å². The molecule has 0 saturated carbocycles. The minimum atomic E-state index is -0.600. The molecule has 0 aliphatic carbocycles. The molecular formula is C21H18N2O3. The molecule has 26 heavy (non-hydrogen) atoms. The van der Waals surface area contributed by atoms with Gasteiger partial charge in [0, 0.05) is 11.8 Å². The molecule has 130 valence electrons. The second kappa shape index (κ2) is 8.09. The monoisotopic (exact) mass is 346 g/mol. The van der Waals surface area contributed by atoms with E-state index < -0.39 is 5.91 Å². The molecule has 3 rings (SSSR count). The number of hydrogen-bond acceptors (Lipinski definition) is 3. The minimum Gasteiger partial charge on any atom is -0.326 e. The minimum absolute atomic E-state index is 0.0932. The SMILES string of the molecule is O=C(/C=C/c1ccc(NC(=O)Cc2cccc3ccccc23)cc1)NO. The molecule has 0 aromatic heterocycles. The highest BCUT2D eigenvalue weighted by Crippen LogP contribution is 2.19. The van der Waals surface area contributed by atoms with Gasteiger partial charge in [0.1, 0.15) is 0 Å². The van der Waals surface area contributed by atoms with Crippen LogP contribution < -0.4 is 10.8 Å². The predicted octanol–water partition coefficient (Wildman–Crippen LogP) is 3.54. The number of carbonyl (C=O) groups excluding carboxylic acids is 2. The highest BCUT2D eigenvalue weighted by atomic mass is 16.5. The Morgan fingerprint density at radius 2 is 1.65 bits per heavy atom. The zero-order valence-electron chi connectivity index (χ0n) is 14.0. The third-order valence-corrected chi connectivity index (χ3v) is 3.96. The number of fused-ring (bicyclic) bond motifs is 1. The quantitative estimate of drug-likeness (QED) is 0.376. The third kappa shape index (κ3) is 4.34. The Morgan fingerprint density at radius 3 is 2.42 bits per heavy atom. The van der Waals surface area contributed by atoms with Gasteiger partial charge >= 0.3 is 0 Å². The lowest BCUT2D eigenvalue weighted by Crippen LogP contribution is -2.15. The molecule has 5 heteroatoms. The van der Waals surface area contributed by atoms with Gasteiger partial charge in [-0.2, -0.15) is 0 Å². The van der Waals surface area contributed by atoms with E-state index in [-0.39, 0.29) is 5.91 Å². The first-order valence-corrected chi connectivity index (χ1v) is 8.14. The molecule has 0 atom stereocenters. The molecule has 5 nitrogen and oxygen atoms in total. The molecule has 3 aromatic carbocycles. The van der Waals surface area contributed by atoms with Gasteiger partial charge in [0.05, 0.1) is 6.42 Å². The first-order chi connectivity index (χ1) is 12.7. The Labute approximate surface area is 150 Å². The van der Waals surface area contributed by atoms with Crippen LogP contribution >= 0.6 is 0 Å². The third-order valence-electron chi connectivity index (χ3n) is 3.96. The Balaban J connectivity index is 1.66. The lowest BCUT2D eigenvalue weighted by atomic mass is 10.0. The largest absolute Gasteiger partial charge is 0.326 e. The van der Waals surface area contributed by atoms with Gasteiger partial charge in [-0.1, -0.05) is 54.6 Å². The van der Waals surface area contributed by atoms with Crippen molar-refractivity contribution < 1.29 is 14.8 Å². The number of anilines is 1. The zero-order chi connectivity index (χ0) is 18.4. The predicted molar refractivity (Wildman–Crippen MR) is 102 cm³/mol. The van der Waals surface area contributed by atoms with E-state index in [1.807, 2.05) is 42.5 Å². The summed E-state index contributed by atoms with van der Waals surface area (Å²) >= 11 is 0. The number of nitrogens with one attached hydrogen (secondary N) is 2. The van der Waals surface area contributed by atoms with E-state index in [2.05, 4.69) is 5.32 Å². The van der Waals surface area contributed by atoms with Crippen molar-refractivity contribution in [2.45, 2.75) is 6.42 Å².